The van der Waals surface area contributed by atoms with E-state index < -0.39 is 0 Å². The maximum atomic E-state index is 11.8. The Bertz CT molecular complexity index is 850. The fourth-order valence-corrected chi connectivity index (χ4v) is 2.40. The first kappa shape index (κ1) is 9.48. The number of rotatable bonds is 0. The van der Waals surface area contributed by atoms with E-state index >= 15 is 0 Å². The van der Waals surface area contributed by atoms with Gasteiger partial charge in [0.2, 0.25) is 5.78 Å². The second-order valence-corrected chi connectivity index (χ2v) is 4.33. The number of fused-ring (bicyclic) bond motifs is 4. The molecule has 0 saturated heterocycles. The van der Waals surface area contributed by atoms with E-state index in [0.717, 1.165) is 27.5 Å². The molecule has 0 atom stereocenters. The number of nitrogens with zero attached hydrogens (tertiary/aromatic N) is 2. The summed E-state index contributed by atoms with van der Waals surface area (Å²) in [5.41, 5.74) is 3.19. The summed E-state index contributed by atoms with van der Waals surface area (Å²) >= 11 is 0. The Morgan fingerprint density at radius 2 is 1.83 bits per heavy atom. The second kappa shape index (κ2) is 3.23. The van der Waals surface area contributed by atoms with Crippen LogP contribution < -0.4 is 0 Å². The molecule has 0 amide bonds. The number of pyridine rings is 1. The third-order valence-corrected chi connectivity index (χ3v) is 3.25. The van der Waals surface area contributed by atoms with Crippen LogP contribution in [0.5, 0.6) is 0 Å². The zero-order valence-electron chi connectivity index (χ0n) is 9.42. The van der Waals surface area contributed by atoms with Gasteiger partial charge in [-0.1, -0.05) is 18.2 Å². The highest BCUT2D eigenvalue weighted by Crippen LogP contribution is 2.32. The molecule has 1 aromatic heterocycles. The van der Waals surface area contributed by atoms with Gasteiger partial charge in [-0.2, -0.15) is 0 Å². The molecule has 1 aliphatic heterocycles. The van der Waals surface area contributed by atoms with Crippen molar-refractivity contribution in [1.82, 2.24) is 4.98 Å². The van der Waals surface area contributed by atoms with Gasteiger partial charge >= 0.3 is 0 Å². The molecule has 3 heteroatoms. The number of aliphatic imine (C=N–C) groups is 1. The van der Waals surface area contributed by atoms with Crippen molar-refractivity contribution >= 4 is 39.5 Å². The van der Waals surface area contributed by atoms with Crippen molar-refractivity contribution in [2.45, 2.75) is 0 Å². The molecule has 2 heterocycles. The fraction of sp³-hybridized carbons (Fsp3) is 0. The molecule has 0 aliphatic carbocycles. The molecular weight excluding hydrogens is 224 g/mol. The summed E-state index contributed by atoms with van der Waals surface area (Å²) in [6.45, 7) is 0. The highest BCUT2D eigenvalue weighted by Gasteiger charge is 2.19. The number of benzene rings is 2. The van der Waals surface area contributed by atoms with Crippen LogP contribution in [0.25, 0.3) is 21.8 Å². The van der Waals surface area contributed by atoms with Gasteiger partial charge in [0.1, 0.15) is 0 Å². The molecule has 3 nitrogen and oxygen atoms in total. The van der Waals surface area contributed by atoms with E-state index in [2.05, 4.69) is 9.98 Å². The van der Waals surface area contributed by atoms with Crippen molar-refractivity contribution < 1.29 is 4.79 Å². The SMILES string of the molecule is O=C1C=Nc2ccc3nc4ccccc4cc3c21. The molecule has 0 spiro atoms. The van der Waals surface area contributed by atoms with Gasteiger partial charge in [0.25, 0.3) is 0 Å². The highest BCUT2D eigenvalue weighted by atomic mass is 16.1. The van der Waals surface area contributed by atoms with Crippen molar-refractivity contribution in [3.8, 4) is 0 Å². The first-order valence-electron chi connectivity index (χ1n) is 5.74. The number of ketones is 1. The van der Waals surface area contributed by atoms with Crippen LogP contribution in [-0.4, -0.2) is 17.0 Å². The van der Waals surface area contributed by atoms with Gasteiger partial charge in [-0.05, 0) is 24.3 Å². The number of Topliss-reactive ketones (excluding diaryl/α,β-unsaturated/α-hetero) is 1. The second-order valence-electron chi connectivity index (χ2n) is 4.33. The van der Waals surface area contributed by atoms with E-state index in [1.54, 1.807) is 0 Å². The molecule has 0 unspecified atom stereocenters. The largest absolute Gasteiger partial charge is 0.287 e. The Hall–Kier alpha value is -2.55. The minimum Gasteiger partial charge on any atom is -0.287 e. The van der Waals surface area contributed by atoms with E-state index in [1.165, 1.54) is 6.21 Å². The third-order valence-electron chi connectivity index (χ3n) is 3.25. The number of aromatic nitrogens is 1. The lowest BCUT2D eigenvalue weighted by Gasteiger charge is -2.05. The van der Waals surface area contributed by atoms with Crippen LogP contribution in [0.15, 0.2) is 47.5 Å². The number of carbonyl (C=O) groups excluding carboxylic acids is 1. The lowest BCUT2D eigenvalue weighted by atomic mass is 10.0. The van der Waals surface area contributed by atoms with Crippen LogP contribution in [0.4, 0.5) is 5.69 Å². The van der Waals surface area contributed by atoms with Crippen LogP contribution >= 0.6 is 0 Å². The average Bonchev–Trinajstić information content (AvgIpc) is 2.78. The average molecular weight is 232 g/mol. The van der Waals surface area contributed by atoms with Crippen LogP contribution in [0.1, 0.15) is 10.4 Å². The summed E-state index contributed by atoms with van der Waals surface area (Å²) in [4.78, 5) is 20.5. The molecule has 0 N–H and O–H groups in total. The highest BCUT2D eigenvalue weighted by molar-refractivity contribution is 6.43. The van der Waals surface area contributed by atoms with Crippen LogP contribution in [0.2, 0.25) is 0 Å². The predicted molar refractivity (Wildman–Crippen MR) is 71.7 cm³/mol. The summed E-state index contributed by atoms with van der Waals surface area (Å²) < 4.78 is 0. The number of para-hydroxylation sites is 1. The van der Waals surface area contributed by atoms with E-state index in [-0.39, 0.29) is 5.78 Å². The topological polar surface area (TPSA) is 42.3 Å². The Kier molecular flexibility index (Phi) is 1.70. The van der Waals surface area contributed by atoms with Crippen molar-refractivity contribution in [3.05, 3.63) is 48.0 Å². The van der Waals surface area contributed by atoms with Crippen LogP contribution in [0.3, 0.4) is 0 Å². The van der Waals surface area contributed by atoms with Gasteiger partial charge < -0.3 is 0 Å². The lowest BCUT2D eigenvalue weighted by molar-refractivity contribution is 0.107. The normalized spacial score (nSPS) is 13.4. The summed E-state index contributed by atoms with van der Waals surface area (Å²) in [6, 6.07) is 13.7. The van der Waals surface area contributed by atoms with Crippen molar-refractivity contribution in [1.29, 1.82) is 0 Å². The Morgan fingerprint density at radius 1 is 0.944 bits per heavy atom. The van der Waals surface area contributed by atoms with Crippen molar-refractivity contribution in [2.24, 2.45) is 4.99 Å². The maximum Gasteiger partial charge on any atom is 0.206 e. The molecule has 0 fully saturated rings. The molecular formula is C15H8N2O. The first-order valence-corrected chi connectivity index (χ1v) is 5.74. The third kappa shape index (κ3) is 1.16. The smallest absolute Gasteiger partial charge is 0.206 e. The van der Waals surface area contributed by atoms with E-state index in [1.807, 2.05) is 42.5 Å². The summed E-state index contributed by atoms with van der Waals surface area (Å²) in [5, 5.41) is 1.92. The van der Waals surface area contributed by atoms with Gasteiger partial charge in [0.15, 0.2) is 0 Å². The van der Waals surface area contributed by atoms with Gasteiger partial charge in [0.05, 0.1) is 28.5 Å². The molecule has 4 rings (SSSR count). The first-order chi connectivity index (χ1) is 8.83. The molecule has 0 saturated carbocycles. The Labute approximate surface area is 103 Å². The lowest BCUT2D eigenvalue weighted by Crippen LogP contribution is -1.96. The predicted octanol–water partition coefficient (Wildman–Crippen LogP) is 3.29. The summed E-state index contributed by atoms with van der Waals surface area (Å²) in [7, 11) is 0. The minimum atomic E-state index is -0.0346. The molecule has 1 aliphatic rings. The Morgan fingerprint density at radius 3 is 2.78 bits per heavy atom. The summed E-state index contributed by atoms with van der Waals surface area (Å²) in [6.07, 6.45) is 1.37. The van der Waals surface area contributed by atoms with E-state index in [4.69, 9.17) is 0 Å². The summed E-state index contributed by atoms with van der Waals surface area (Å²) in [5.74, 6) is -0.0346. The van der Waals surface area contributed by atoms with Crippen LogP contribution in [-0.2, 0) is 0 Å². The monoisotopic (exact) mass is 232 g/mol. The standard InChI is InChI=1S/C15H8N2O/c18-14-8-16-13-6-5-12-10(15(13)14)7-9-3-1-2-4-11(9)17-12/h1-8H. The quantitative estimate of drug-likeness (QED) is 0.558. The molecule has 84 valence electrons. The zero-order chi connectivity index (χ0) is 12.1. The number of hydrogen-bond donors (Lipinski definition) is 0. The Balaban J connectivity index is 2.21. The van der Waals surface area contributed by atoms with Gasteiger partial charge in [-0.3, -0.25) is 9.79 Å². The van der Waals surface area contributed by atoms with Gasteiger partial charge in [-0.25, -0.2) is 4.98 Å². The van der Waals surface area contributed by atoms with E-state index in [0.29, 0.717) is 5.56 Å². The molecule has 0 radical (unpaired) electrons. The minimum absolute atomic E-state index is 0.0346. The van der Waals surface area contributed by atoms with Gasteiger partial charge in [-0.15, -0.1) is 0 Å². The zero-order valence-corrected chi connectivity index (χ0v) is 9.42. The van der Waals surface area contributed by atoms with Gasteiger partial charge in [0, 0.05) is 10.8 Å². The maximum absolute atomic E-state index is 11.8. The molecule has 0 bridgehead atoms. The fourth-order valence-electron chi connectivity index (χ4n) is 2.40. The van der Waals surface area contributed by atoms with E-state index in [9.17, 15) is 4.79 Å². The number of carbonyl (C=O) groups is 1. The molecule has 2 aromatic carbocycles. The molecule has 3 aromatic rings. The van der Waals surface area contributed by atoms with Crippen LogP contribution in [0, 0.1) is 0 Å². The van der Waals surface area contributed by atoms with Crippen molar-refractivity contribution in [2.75, 3.05) is 0 Å². The van der Waals surface area contributed by atoms with Crippen molar-refractivity contribution in [3.63, 3.8) is 0 Å². The molecule has 18 heavy (non-hydrogen) atoms. The number of hydrogen-bond acceptors (Lipinski definition) is 3.